The van der Waals surface area contributed by atoms with Gasteiger partial charge in [0.05, 0.1) is 5.56 Å². The zero-order chi connectivity index (χ0) is 11.2. The minimum Gasteiger partial charge on any atom is -0.478 e. The first-order valence-electron chi connectivity index (χ1n) is 4.38. The molecule has 0 aliphatic heterocycles. The molecule has 14 heavy (non-hydrogen) atoms. The molecule has 0 spiro atoms. The molecule has 0 fully saturated rings. The maximum atomic E-state index is 10.2. The summed E-state index contributed by atoms with van der Waals surface area (Å²) in [7, 11) is -0.389. The molecule has 0 aliphatic rings. The van der Waals surface area contributed by atoms with Crippen LogP contribution < -0.4 is 0 Å². The third-order valence-electron chi connectivity index (χ3n) is 1.02. The minimum absolute atomic E-state index is 0.331. The van der Waals surface area contributed by atoms with Crippen LogP contribution in [0.5, 0.6) is 0 Å². The molecule has 0 saturated heterocycles. The van der Waals surface area contributed by atoms with Crippen molar-refractivity contribution in [2.24, 2.45) is 0 Å². The Balaban J connectivity index is 0.000000292. The van der Waals surface area contributed by atoms with Gasteiger partial charge in [-0.2, -0.15) is 0 Å². The number of carbonyl (C=O) groups is 1. The summed E-state index contributed by atoms with van der Waals surface area (Å²) in [5.41, 5.74) is 0.331. The maximum absolute atomic E-state index is 10.2. The average Bonchev–Trinajstić information content (AvgIpc) is 2.03. The second-order valence-corrected chi connectivity index (χ2v) is 9.72. The molecule has 0 saturated carbocycles. The molecule has 0 aliphatic carbocycles. The molecule has 78 valence electrons. The normalized spacial score (nSPS) is 10.0. The molecule has 1 rings (SSSR count). The lowest BCUT2D eigenvalue weighted by Crippen LogP contribution is -1.93. The van der Waals surface area contributed by atoms with Gasteiger partial charge in [0.1, 0.15) is 0 Å². The Kier molecular flexibility index (Phi) is 5.40. The highest BCUT2D eigenvalue weighted by Gasteiger charge is 2.03. The van der Waals surface area contributed by atoms with Crippen molar-refractivity contribution in [2.45, 2.75) is 0 Å². The van der Waals surface area contributed by atoms with Crippen molar-refractivity contribution < 1.29 is 9.90 Å². The Morgan fingerprint density at radius 2 is 1.43 bits per heavy atom. The second kappa shape index (κ2) is 5.77. The van der Waals surface area contributed by atoms with Crippen molar-refractivity contribution in [3.63, 3.8) is 0 Å². The predicted octanol–water partition coefficient (Wildman–Crippen LogP) is 2.91. The Hall–Kier alpha value is -0.880. The summed E-state index contributed by atoms with van der Waals surface area (Å²) in [5, 5.41) is 8.38. The highest BCUT2D eigenvalue weighted by Crippen LogP contribution is 2.40. The fraction of sp³-hybridized carbons (Fsp3) is 0.364. The first-order chi connectivity index (χ1) is 6.30. The second-order valence-electron chi connectivity index (χ2n) is 4.35. The smallest absolute Gasteiger partial charge is 0.335 e. The average molecular weight is 213 g/mol. The van der Waals surface area contributed by atoms with Gasteiger partial charge in [-0.25, -0.2) is 4.79 Å². The number of carboxylic acid groups (broad SMARTS) is 1. The summed E-state index contributed by atoms with van der Waals surface area (Å²) >= 11 is 0. The molecule has 0 aromatic heterocycles. The van der Waals surface area contributed by atoms with Gasteiger partial charge < -0.3 is 5.11 Å². The standard InChI is InChI=1S/C7H6O2.C4H12P/c8-7(9)6-4-2-1-3-5-6;1-5(2,3)4/h1-5H,(H,8,9);1-4H3/q;+1. The molecule has 0 heterocycles. The van der Waals surface area contributed by atoms with E-state index in [1.807, 2.05) is 0 Å². The summed E-state index contributed by atoms with van der Waals surface area (Å²) < 4.78 is 0. The predicted molar refractivity (Wildman–Crippen MR) is 64.0 cm³/mol. The molecule has 2 nitrogen and oxygen atoms in total. The van der Waals surface area contributed by atoms with Gasteiger partial charge in [0.2, 0.25) is 0 Å². The molecule has 1 aromatic rings. The molecule has 0 amide bonds. The maximum Gasteiger partial charge on any atom is 0.335 e. The summed E-state index contributed by atoms with van der Waals surface area (Å²) in [6.07, 6.45) is 0. The van der Waals surface area contributed by atoms with Gasteiger partial charge in [0, 0.05) is 33.9 Å². The molecular weight excluding hydrogens is 195 g/mol. The van der Waals surface area contributed by atoms with E-state index in [2.05, 4.69) is 26.7 Å². The Labute approximate surface area is 86.3 Å². The van der Waals surface area contributed by atoms with Gasteiger partial charge in [0.25, 0.3) is 0 Å². The zero-order valence-electron chi connectivity index (χ0n) is 9.19. The fourth-order valence-corrected chi connectivity index (χ4v) is 0.581. The first-order valence-corrected chi connectivity index (χ1v) is 7.95. The van der Waals surface area contributed by atoms with Crippen LogP contribution in [0.1, 0.15) is 10.4 Å². The molecule has 1 aromatic carbocycles. The van der Waals surface area contributed by atoms with Crippen molar-refractivity contribution in [3.8, 4) is 0 Å². The third kappa shape index (κ3) is 9.21. The van der Waals surface area contributed by atoms with Gasteiger partial charge in [-0.05, 0) is 12.1 Å². The lowest BCUT2D eigenvalue weighted by Gasteiger charge is -1.97. The Bertz CT molecular complexity index is 269. The molecule has 0 unspecified atom stereocenters. The van der Waals surface area contributed by atoms with E-state index in [0.717, 1.165) is 0 Å². The van der Waals surface area contributed by atoms with E-state index in [4.69, 9.17) is 5.11 Å². The number of hydrogen-bond donors (Lipinski definition) is 1. The molecular formula is C11H18O2P+. The van der Waals surface area contributed by atoms with Crippen molar-refractivity contribution in [2.75, 3.05) is 26.7 Å². The van der Waals surface area contributed by atoms with Crippen molar-refractivity contribution >= 4 is 13.2 Å². The summed E-state index contributed by atoms with van der Waals surface area (Å²) in [5.74, 6) is -0.879. The van der Waals surface area contributed by atoms with Crippen LogP contribution in [0.3, 0.4) is 0 Å². The number of rotatable bonds is 1. The van der Waals surface area contributed by atoms with Crippen LogP contribution in [0.2, 0.25) is 0 Å². The molecule has 1 N–H and O–H groups in total. The quantitative estimate of drug-likeness (QED) is 0.728. The van der Waals surface area contributed by atoms with Crippen LogP contribution in [0.4, 0.5) is 0 Å². The van der Waals surface area contributed by atoms with Crippen molar-refractivity contribution in [3.05, 3.63) is 35.9 Å². The summed E-state index contributed by atoms with van der Waals surface area (Å²) in [4.78, 5) is 10.2. The van der Waals surface area contributed by atoms with Crippen LogP contribution >= 0.6 is 7.26 Å². The SMILES string of the molecule is C[P+](C)(C)C.O=C(O)c1ccccc1. The number of hydrogen-bond acceptors (Lipinski definition) is 1. The minimum atomic E-state index is -0.879. The molecule has 0 atom stereocenters. The largest absolute Gasteiger partial charge is 0.478 e. The van der Waals surface area contributed by atoms with E-state index in [-0.39, 0.29) is 7.26 Å². The van der Waals surface area contributed by atoms with Gasteiger partial charge in [-0.15, -0.1) is 0 Å². The Morgan fingerprint density at radius 1 is 1.07 bits per heavy atom. The summed E-state index contributed by atoms with van der Waals surface area (Å²) in [6.45, 7) is 9.19. The van der Waals surface area contributed by atoms with E-state index in [1.54, 1.807) is 30.3 Å². The van der Waals surface area contributed by atoms with E-state index >= 15 is 0 Å². The highest BCUT2D eigenvalue weighted by atomic mass is 31.2. The van der Waals surface area contributed by atoms with E-state index < -0.39 is 5.97 Å². The molecule has 3 heteroatoms. The third-order valence-corrected chi connectivity index (χ3v) is 1.02. The monoisotopic (exact) mass is 213 g/mol. The van der Waals surface area contributed by atoms with E-state index in [1.165, 1.54) is 0 Å². The van der Waals surface area contributed by atoms with Gasteiger partial charge in [-0.1, -0.05) is 18.2 Å². The van der Waals surface area contributed by atoms with Crippen molar-refractivity contribution in [1.29, 1.82) is 0 Å². The topological polar surface area (TPSA) is 37.3 Å². The lowest BCUT2D eigenvalue weighted by molar-refractivity contribution is 0.0697. The first kappa shape index (κ1) is 13.1. The van der Waals surface area contributed by atoms with Crippen molar-refractivity contribution in [1.82, 2.24) is 0 Å². The Morgan fingerprint density at radius 3 is 1.64 bits per heavy atom. The van der Waals surface area contributed by atoms with Crippen LogP contribution in [-0.2, 0) is 0 Å². The van der Waals surface area contributed by atoms with Gasteiger partial charge in [-0.3, -0.25) is 0 Å². The number of aromatic carboxylic acids is 1. The zero-order valence-corrected chi connectivity index (χ0v) is 10.1. The molecule has 0 radical (unpaired) electrons. The highest BCUT2D eigenvalue weighted by molar-refractivity contribution is 7.73. The van der Waals surface area contributed by atoms with Gasteiger partial charge in [0.15, 0.2) is 0 Å². The van der Waals surface area contributed by atoms with Crippen LogP contribution in [0.25, 0.3) is 0 Å². The van der Waals surface area contributed by atoms with E-state index in [0.29, 0.717) is 5.56 Å². The van der Waals surface area contributed by atoms with E-state index in [9.17, 15) is 4.79 Å². The van der Waals surface area contributed by atoms with Crippen LogP contribution in [-0.4, -0.2) is 37.7 Å². The number of benzene rings is 1. The van der Waals surface area contributed by atoms with Crippen LogP contribution in [0.15, 0.2) is 30.3 Å². The number of carboxylic acids is 1. The van der Waals surface area contributed by atoms with Crippen LogP contribution in [0, 0.1) is 0 Å². The molecule has 0 bridgehead atoms. The fourth-order valence-electron chi connectivity index (χ4n) is 0.581. The lowest BCUT2D eigenvalue weighted by atomic mass is 10.2. The summed E-state index contributed by atoms with van der Waals surface area (Å²) in [6, 6.07) is 8.30. The van der Waals surface area contributed by atoms with Gasteiger partial charge >= 0.3 is 5.97 Å².